The lowest BCUT2D eigenvalue weighted by Crippen LogP contribution is -2.12. The first-order chi connectivity index (χ1) is 4.13. The second-order valence-electron chi connectivity index (χ2n) is 3.02. The van der Waals surface area contributed by atoms with Gasteiger partial charge in [0.15, 0.2) is 0 Å². The van der Waals surface area contributed by atoms with Crippen LogP contribution in [0.1, 0.15) is 27.7 Å². The van der Waals surface area contributed by atoms with Crippen molar-refractivity contribution in [3.05, 3.63) is 11.8 Å². The predicted molar refractivity (Wildman–Crippen MR) is 42.3 cm³/mol. The Morgan fingerprint density at radius 1 is 1.44 bits per heavy atom. The zero-order valence-electron chi connectivity index (χ0n) is 6.86. The Balaban J connectivity index is 3.20. The molecule has 0 saturated heterocycles. The average molecular weight is 127 g/mol. The van der Waals surface area contributed by atoms with Gasteiger partial charge in [0.05, 0.1) is 0 Å². The molecule has 0 aliphatic carbocycles. The van der Waals surface area contributed by atoms with E-state index in [4.69, 9.17) is 0 Å². The molecule has 0 aromatic rings. The second-order valence-corrected chi connectivity index (χ2v) is 3.02. The maximum Gasteiger partial charge on any atom is 0.0164 e. The van der Waals surface area contributed by atoms with Crippen molar-refractivity contribution >= 4 is 0 Å². The number of allylic oxidation sites excluding steroid dienone is 1. The van der Waals surface area contributed by atoms with Gasteiger partial charge in [0, 0.05) is 6.54 Å². The first kappa shape index (κ1) is 8.54. The van der Waals surface area contributed by atoms with E-state index in [0.717, 1.165) is 12.5 Å². The van der Waals surface area contributed by atoms with Crippen molar-refractivity contribution in [3.63, 3.8) is 0 Å². The van der Waals surface area contributed by atoms with Crippen LogP contribution in [0.5, 0.6) is 0 Å². The first-order valence-electron chi connectivity index (χ1n) is 3.49. The fourth-order valence-electron chi connectivity index (χ4n) is 0.499. The summed E-state index contributed by atoms with van der Waals surface area (Å²) in [7, 11) is 0. The highest BCUT2D eigenvalue weighted by Gasteiger charge is 1.87. The zero-order chi connectivity index (χ0) is 7.28. The van der Waals surface area contributed by atoms with Crippen molar-refractivity contribution in [3.8, 4) is 0 Å². The van der Waals surface area contributed by atoms with Crippen LogP contribution in [-0.2, 0) is 0 Å². The van der Waals surface area contributed by atoms with Crippen molar-refractivity contribution in [1.29, 1.82) is 0 Å². The van der Waals surface area contributed by atoms with E-state index in [1.807, 2.05) is 0 Å². The summed E-state index contributed by atoms with van der Waals surface area (Å²) in [5, 5.41) is 3.22. The summed E-state index contributed by atoms with van der Waals surface area (Å²) in [6.45, 7) is 9.66. The van der Waals surface area contributed by atoms with E-state index < -0.39 is 0 Å². The van der Waals surface area contributed by atoms with Gasteiger partial charge in [0.25, 0.3) is 0 Å². The van der Waals surface area contributed by atoms with Gasteiger partial charge in [-0.1, -0.05) is 19.4 Å². The van der Waals surface area contributed by atoms with E-state index in [0.29, 0.717) is 0 Å². The van der Waals surface area contributed by atoms with Gasteiger partial charge < -0.3 is 5.32 Å². The Labute approximate surface area is 58.2 Å². The van der Waals surface area contributed by atoms with Gasteiger partial charge in [-0.2, -0.15) is 0 Å². The molecule has 54 valence electrons. The molecule has 1 heteroatoms. The fourth-order valence-corrected chi connectivity index (χ4v) is 0.499. The maximum absolute atomic E-state index is 3.22. The molecule has 0 atom stereocenters. The van der Waals surface area contributed by atoms with E-state index in [2.05, 4.69) is 39.2 Å². The molecular formula is C8H17N. The number of nitrogens with one attached hydrogen (secondary N) is 1. The van der Waals surface area contributed by atoms with Crippen LogP contribution in [0.3, 0.4) is 0 Å². The summed E-state index contributed by atoms with van der Waals surface area (Å²) in [4.78, 5) is 0. The molecule has 0 amide bonds. The summed E-state index contributed by atoms with van der Waals surface area (Å²) in [5.41, 5.74) is 1.33. The maximum atomic E-state index is 3.22. The molecule has 1 N–H and O–H groups in total. The third-order valence-corrected chi connectivity index (χ3v) is 0.917. The fraction of sp³-hybridized carbons (Fsp3) is 0.750. The molecule has 0 rings (SSSR count). The van der Waals surface area contributed by atoms with Gasteiger partial charge in [-0.25, -0.2) is 0 Å². The van der Waals surface area contributed by atoms with Gasteiger partial charge >= 0.3 is 0 Å². The molecule has 0 aromatic carbocycles. The highest BCUT2D eigenvalue weighted by atomic mass is 14.8. The minimum Gasteiger partial charge on any atom is -0.391 e. The second kappa shape index (κ2) is 4.42. The van der Waals surface area contributed by atoms with Crippen LogP contribution in [0.4, 0.5) is 0 Å². The van der Waals surface area contributed by atoms with Crippen molar-refractivity contribution in [2.45, 2.75) is 27.7 Å². The minimum absolute atomic E-state index is 0.737. The average Bonchev–Trinajstić information content (AvgIpc) is 1.63. The largest absolute Gasteiger partial charge is 0.391 e. The SMILES string of the molecule is CC(C)=CNCC(C)C. The van der Waals surface area contributed by atoms with Gasteiger partial charge in [-0.15, -0.1) is 0 Å². The molecule has 0 fully saturated rings. The molecular weight excluding hydrogens is 110 g/mol. The highest BCUT2D eigenvalue weighted by molar-refractivity contribution is 4.90. The van der Waals surface area contributed by atoms with Crippen LogP contribution in [0.25, 0.3) is 0 Å². The molecule has 0 saturated carbocycles. The summed E-state index contributed by atoms with van der Waals surface area (Å²) in [6.07, 6.45) is 2.06. The van der Waals surface area contributed by atoms with Crippen molar-refractivity contribution in [1.82, 2.24) is 5.32 Å². The quantitative estimate of drug-likeness (QED) is 0.612. The van der Waals surface area contributed by atoms with E-state index >= 15 is 0 Å². The zero-order valence-corrected chi connectivity index (χ0v) is 6.86. The highest BCUT2D eigenvalue weighted by Crippen LogP contribution is 1.88. The van der Waals surface area contributed by atoms with Crippen LogP contribution < -0.4 is 5.32 Å². The van der Waals surface area contributed by atoms with E-state index in [1.165, 1.54) is 5.57 Å². The number of rotatable bonds is 3. The van der Waals surface area contributed by atoms with Gasteiger partial charge in [-0.3, -0.25) is 0 Å². The Kier molecular flexibility index (Phi) is 4.20. The van der Waals surface area contributed by atoms with E-state index in [9.17, 15) is 0 Å². The van der Waals surface area contributed by atoms with Crippen LogP contribution >= 0.6 is 0 Å². The first-order valence-corrected chi connectivity index (χ1v) is 3.49. The molecule has 1 nitrogen and oxygen atoms in total. The monoisotopic (exact) mass is 127 g/mol. The lowest BCUT2D eigenvalue weighted by Gasteiger charge is -2.03. The molecule has 0 bridgehead atoms. The Morgan fingerprint density at radius 3 is 2.33 bits per heavy atom. The molecule has 0 unspecified atom stereocenters. The third kappa shape index (κ3) is 7.54. The molecule has 0 aliphatic rings. The molecule has 0 heterocycles. The topological polar surface area (TPSA) is 12.0 Å². The summed E-state index contributed by atoms with van der Waals surface area (Å²) < 4.78 is 0. The Hall–Kier alpha value is -0.460. The Morgan fingerprint density at radius 2 is 2.00 bits per heavy atom. The van der Waals surface area contributed by atoms with Gasteiger partial charge in [0.2, 0.25) is 0 Å². The van der Waals surface area contributed by atoms with Gasteiger partial charge in [0.1, 0.15) is 0 Å². The normalized spacial score (nSPS) is 9.44. The number of hydrogen-bond acceptors (Lipinski definition) is 1. The molecule has 0 aromatic heterocycles. The third-order valence-electron chi connectivity index (χ3n) is 0.917. The van der Waals surface area contributed by atoms with Crippen LogP contribution in [0.2, 0.25) is 0 Å². The predicted octanol–water partition coefficient (Wildman–Crippen LogP) is 2.16. The summed E-state index contributed by atoms with van der Waals surface area (Å²) >= 11 is 0. The van der Waals surface area contributed by atoms with Crippen molar-refractivity contribution < 1.29 is 0 Å². The van der Waals surface area contributed by atoms with Gasteiger partial charge in [-0.05, 0) is 26.0 Å². The lowest BCUT2D eigenvalue weighted by atomic mass is 10.2. The van der Waals surface area contributed by atoms with Crippen molar-refractivity contribution in [2.75, 3.05) is 6.54 Å². The smallest absolute Gasteiger partial charge is 0.0164 e. The summed E-state index contributed by atoms with van der Waals surface area (Å²) in [5.74, 6) is 0.737. The Bertz CT molecular complexity index is 88.7. The van der Waals surface area contributed by atoms with Crippen LogP contribution in [0.15, 0.2) is 11.8 Å². The number of hydrogen-bond donors (Lipinski definition) is 1. The van der Waals surface area contributed by atoms with E-state index in [-0.39, 0.29) is 0 Å². The molecule has 9 heavy (non-hydrogen) atoms. The molecule has 0 aliphatic heterocycles. The summed E-state index contributed by atoms with van der Waals surface area (Å²) in [6, 6.07) is 0. The molecule has 0 radical (unpaired) electrons. The molecule has 0 spiro atoms. The lowest BCUT2D eigenvalue weighted by molar-refractivity contribution is 0.609. The van der Waals surface area contributed by atoms with Crippen LogP contribution in [-0.4, -0.2) is 6.54 Å². The minimum atomic E-state index is 0.737. The standard InChI is InChI=1S/C8H17N/c1-7(2)5-9-6-8(3)4/h5,8-9H,6H2,1-4H3. The van der Waals surface area contributed by atoms with Crippen LogP contribution in [0, 0.1) is 5.92 Å². The van der Waals surface area contributed by atoms with E-state index in [1.54, 1.807) is 0 Å². The van der Waals surface area contributed by atoms with Crippen molar-refractivity contribution in [2.24, 2.45) is 5.92 Å².